The van der Waals surface area contributed by atoms with Crippen LogP contribution < -0.4 is 4.74 Å². The first kappa shape index (κ1) is 17.5. The monoisotopic (exact) mass is 335 g/mol. The Balaban J connectivity index is 2.31. The summed E-state index contributed by atoms with van der Waals surface area (Å²) in [5.41, 5.74) is -0.174. The number of aromatic nitrogens is 3. The molecule has 5 nitrogen and oxygen atoms in total. The number of ether oxygens (including phenoxy) is 2. The molecule has 1 heterocycles. The first-order valence-corrected chi connectivity index (χ1v) is 7.79. The maximum atomic E-state index is 6.15. The summed E-state index contributed by atoms with van der Waals surface area (Å²) < 4.78 is 12.1. The summed E-state index contributed by atoms with van der Waals surface area (Å²) in [7, 11) is 0. The van der Waals surface area contributed by atoms with Gasteiger partial charge in [-0.1, -0.05) is 38.4 Å². The largest absolute Gasteiger partial charge is 0.480 e. The number of rotatable bonds is 7. The van der Waals surface area contributed by atoms with Gasteiger partial charge in [-0.2, -0.15) is 5.10 Å². The van der Waals surface area contributed by atoms with E-state index in [0.29, 0.717) is 23.2 Å². The van der Waals surface area contributed by atoms with Crippen LogP contribution in [0.5, 0.6) is 5.75 Å². The predicted octanol–water partition coefficient (Wildman–Crippen LogP) is 4.20. The predicted molar refractivity (Wildman–Crippen MR) is 90.6 cm³/mol. The molecule has 23 heavy (non-hydrogen) atoms. The van der Waals surface area contributed by atoms with E-state index in [1.54, 1.807) is 18.2 Å². The van der Waals surface area contributed by atoms with Gasteiger partial charge in [0.25, 0.3) is 0 Å². The highest BCUT2D eigenvalue weighted by Crippen LogP contribution is 2.35. The average Bonchev–Trinajstić information content (AvgIpc) is 3.01. The highest BCUT2D eigenvalue weighted by molar-refractivity contribution is 6.30. The normalized spacial score (nSPS) is 14.3. The third kappa shape index (κ3) is 4.81. The molecule has 0 saturated carbocycles. The van der Waals surface area contributed by atoms with Crippen molar-refractivity contribution in [3.05, 3.63) is 54.1 Å². The van der Waals surface area contributed by atoms with Crippen molar-refractivity contribution < 1.29 is 9.47 Å². The third-order valence-electron chi connectivity index (χ3n) is 3.30. The molecule has 0 aliphatic carbocycles. The number of hydrogen-bond acceptors (Lipinski definition) is 4. The van der Waals surface area contributed by atoms with E-state index >= 15 is 0 Å². The Morgan fingerprint density at radius 3 is 2.52 bits per heavy atom. The second-order valence-corrected chi connectivity index (χ2v) is 6.71. The van der Waals surface area contributed by atoms with Crippen LogP contribution in [0.3, 0.4) is 0 Å². The summed E-state index contributed by atoms with van der Waals surface area (Å²) in [6.07, 6.45) is 2.50. The Hall–Kier alpha value is -1.85. The maximum absolute atomic E-state index is 6.15. The van der Waals surface area contributed by atoms with Crippen LogP contribution in [0.15, 0.2) is 43.2 Å². The van der Waals surface area contributed by atoms with Crippen LogP contribution in [-0.2, 0) is 4.74 Å². The molecular weight excluding hydrogens is 314 g/mol. The lowest BCUT2D eigenvalue weighted by atomic mass is 9.85. The lowest BCUT2D eigenvalue weighted by Gasteiger charge is -2.35. The lowest BCUT2D eigenvalue weighted by Crippen LogP contribution is -2.38. The van der Waals surface area contributed by atoms with Gasteiger partial charge in [0.2, 0.25) is 0 Å². The maximum Gasteiger partial charge on any atom is 0.184 e. The van der Waals surface area contributed by atoms with Crippen LogP contribution in [0, 0.1) is 5.41 Å². The first-order chi connectivity index (χ1) is 10.9. The van der Waals surface area contributed by atoms with Crippen LogP contribution in [0.25, 0.3) is 0 Å². The fourth-order valence-corrected chi connectivity index (χ4v) is 2.36. The van der Waals surface area contributed by atoms with Crippen LogP contribution >= 0.6 is 11.6 Å². The molecule has 0 fully saturated rings. The Bertz CT molecular complexity index is 606. The van der Waals surface area contributed by atoms with Crippen LogP contribution in [0.4, 0.5) is 0 Å². The molecule has 0 radical (unpaired) electrons. The molecule has 2 rings (SSSR count). The highest BCUT2D eigenvalue weighted by atomic mass is 35.5. The minimum Gasteiger partial charge on any atom is -0.480 e. The smallest absolute Gasteiger partial charge is 0.184 e. The number of halogens is 1. The zero-order valence-electron chi connectivity index (χ0n) is 13.6. The van der Waals surface area contributed by atoms with Gasteiger partial charge in [-0.05, 0) is 29.7 Å². The molecule has 124 valence electrons. The fraction of sp³-hybridized carbons (Fsp3) is 0.412. The minimum absolute atomic E-state index is 0.174. The number of H-pyrrole nitrogens is 1. The second-order valence-electron chi connectivity index (χ2n) is 6.27. The molecule has 2 aromatic rings. The topological polar surface area (TPSA) is 60.0 Å². The Labute approximate surface area is 141 Å². The van der Waals surface area contributed by atoms with Crippen LogP contribution in [-0.4, -0.2) is 27.9 Å². The van der Waals surface area contributed by atoms with Crippen molar-refractivity contribution in [3.63, 3.8) is 0 Å². The van der Waals surface area contributed by atoms with Gasteiger partial charge < -0.3 is 9.47 Å². The van der Waals surface area contributed by atoms with E-state index in [-0.39, 0.29) is 11.5 Å². The number of hydrogen-bond donors (Lipinski definition) is 1. The van der Waals surface area contributed by atoms with Crippen molar-refractivity contribution in [1.29, 1.82) is 0 Å². The number of nitrogens with one attached hydrogen (secondary N) is 1. The molecule has 0 aliphatic rings. The van der Waals surface area contributed by atoms with Gasteiger partial charge in [0.15, 0.2) is 11.9 Å². The lowest BCUT2D eigenvalue weighted by molar-refractivity contribution is -0.0777. The zero-order valence-corrected chi connectivity index (χ0v) is 14.4. The Kier molecular flexibility index (Phi) is 5.80. The van der Waals surface area contributed by atoms with E-state index in [4.69, 9.17) is 21.1 Å². The molecule has 0 saturated heterocycles. The molecule has 2 unspecified atom stereocenters. The average molecular weight is 336 g/mol. The first-order valence-electron chi connectivity index (χ1n) is 7.42. The van der Waals surface area contributed by atoms with Crippen molar-refractivity contribution >= 4 is 11.6 Å². The molecule has 1 aromatic carbocycles. The molecule has 6 heteroatoms. The van der Waals surface area contributed by atoms with E-state index in [1.807, 2.05) is 12.1 Å². The molecule has 1 N–H and O–H groups in total. The van der Waals surface area contributed by atoms with Crippen molar-refractivity contribution in [2.75, 3.05) is 6.61 Å². The van der Waals surface area contributed by atoms with Gasteiger partial charge in [0.05, 0.1) is 6.61 Å². The molecule has 2 atom stereocenters. The number of aromatic amines is 1. The zero-order chi connectivity index (χ0) is 16.9. The summed E-state index contributed by atoms with van der Waals surface area (Å²) >= 11 is 5.93. The van der Waals surface area contributed by atoms with Gasteiger partial charge >= 0.3 is 0 Å². The SMILES string of the molecule is C=CCOC(C(Oc1ccc(Cl)cc1)c1ncn[nH]1)C(C)(C)C. The summed E-state index contributed by atoms with van der Waals surface area (Å²) in [5.74, 6) is 1.30. The molecule has 0 spiro atoms. The molecule has 0 amide bonds. The minimum atomic E-state index is -0.432. The Morgan fingerprint density at radius 2 is 2.00 bits per heavy atom. The van der Waals surface area contributed by atoms with E-state index in [0.717, 1.165) is 0 Å². The van der Waals surface area contributed by atoms with Crippen molar-refractivity contribution in [3.8, 4) is 5.75 Å². The molecule has 0 aliphatic heterocycles. The third-order valence-corrected chi connectivity index (χ3v) is 3.55. The van der Waals surface area contributed by atoms with Crippen LogP contribution in [0.1, 0.15) is 32.7 Å². The van der Waals surface area contributed by atoms with Crippen molar-refractivity contribution in [2.24, 2.45) is 5.41 Å². The van der Waals surface area contributed by atoms with Crippen molar-refractivity contribution in [2.45, 2.75) is 33.0 Å². The van der Waals surface area contributed by atoms with E-state index in [2.05, 4.69) is 42.5 Å². The van der Waals surface area contributed by atoms with E-state index in [1.165, 1.54) is 6.33 Å². The molecular formula is C17H22ClN3O2. The Morgan fingerprint density at radius 1 is 1.30 bits per heavy atom. The van der Waals surface area contributed by atoms with Gasteiger partial charge in [-0.25, -0.2) is 4.98 Å². The van der Waals surface area contributed by atoms with E-state index in [9.17, 15) is 0 Å². The summed E-state index contributed by atoms with van der Waals surface area (Å²) in [6, 6.07) is 7.20. The van der Waals surface area contributed by atoms with Gasteiger partial charge in [-0.3, -0.25) is 5.10 Å². The van der Waals surface area contributed by atoms with E-state index < -0.39 is 6.10 Å². The quantitative estimate of drug-likeness (QED) is 0.770. The standard InChI is InChI=1S/C17H22ClN3O2/c1-5-10-22-15(17(2,3)4)14(16-19-11-20-21-16)23-13-8-6-12(18)7-9-13/h5-9,11,14-15H,1,10H2,2-4H3,(H,19,20,21). The van der Waals surface area contributed by atoms with Crippen molar-refractivity contribution in [1.82, 2.24) is 15.2 Å². The van der Waals surface area contributed by atoms with Gasteiger partial charge in [0, 0.05) is 5.02 Å². The number of benzene rings is 1. The summed E-state index contributed by atoms with van der Waals surface area (Å²) in [5, 5.41) is 7.47. The fourth-order valence-electron chi connectivity index (χ4n) is 2.24. The molecule has 0 bridgehead atoms. The van der Waals surface area contributed by atoms with Gasteiger partial charge in [0.1, 0.15) is 18.2 Å². The highest BCUT2D eigenvalue weighted by Gasteiger charge is 2.37. The van der Waals surface area contributed by atoms with Gasteiger partial charge in [-0.15, -0.1) is 6.58 Å². The summed E-state index contributed by atoms with van der Waals surface area (Å²) in [6.45, 7) is 10.4. The molecule has 1 aromatic heterocycles. The second kappa shape index (κ2) is 7.62. The number of nitrogens with zero attached hydrogens (tertiary/aromatic N) is 2. The van der Waals surface area contributed by atoms with Crippen LogP contribution in [0.2, 0.25) is 5.02 Å². The summed E-state index contributed by atoms with van der Waals surface area (Å²) in [4.78, 5) is 4.25.